The van der Waals surface area contributed by atoms with Crippen molar-refractivity contribution in [1.29, 1.82) is 0 Å². The van der Waals surface area contributed by atoms with Crippen molar-refractivity contribution in [3.05, 3.63) is 81.9 Å². The lowest BCUT2D eigenvalue weighted by molar-refractivity contribution is 0.402. The van der Waals surface area contributed by atoms with E-state index in [0.29, 0.717) is 79.5 Å². The number of nitrogens with zero attached hydrogens (tertiary/aromatic N) is 1. The maximum Gasteiger partial charge on any atom is 0.135 e. The molecule has 0 unspecified atom stereocenters. The standard InChI is InChI=1S/C47H48N2O8/c1-20-10-26-28(42-32-14-22(3)48-24(5)40(32)34(50)18-35(42)51)16-30(46(53)44(26)37(12-20)55-7)31-17-29(27-11-21(2)13-38(56-8)45(27)47(31)54)43-33-15-23(4)49-25(6)41(33)39(57-9)19-36(43)52/h10-13,16-19,22-24,48,50-54H,14-15H2,1-9H3/t22-,23+,24-/m0/s1. The van der Waals surface area contributed by atoms with Gasteiger partial charge in [-0.15, -0.1) is 0 Å². The van der Waals surface area contributed by atoms with Crippen LogP contribution < -0.4 is 19.5 Å². The minimum atomic E-state index is -0.204. The van der Waals surface area contributed by atoms with E-state index < -0.39 is 0 Å². The molecule has 0 radical (unpaired) electrons. The molecule has 294 valence electrons. The van der Waals surface area contributed by atoms with Crippen LogP contribution in [-0.2, 0) is 12.8 Å². The maximum absolute atomic E-state index is 12.5. The predicted molar refractivity (Wildman–Crippen MR) is 225 cm³/mol. The van der Waals surface area contributed by atoms with Crippen molar-refractivity contribution in [1.82, 2.24) is 5.32 Å². The molecule has 0 bridgehead atoms. The number of phenols is 5. The van der Waals surface area contributed by atoms with E-state index in [1.54, 1.807) is 32.4 Å². The first-order valence-corrected chi connectivity index (χ1v) is 19.2. The van der Waals surface area contributed by atoms with Crippen molar-refractivity contribution in [3.63, 3.8) is 0 Å². The Labute approximate surface area is 331 Å². The molecule has 0 saturated heterocycles. The zero-order valence-electron chi connectivity index (χ0n) is 33.7. The Hall–Kier alpha value is -6.13. The quantitative estimate of drug-likeness (QED) is 0.0973. The van der Waals surface area contributed by atoms with E-state index in [9.17, 15) is 25.5 Å². The summed E-state index contributed by atoms with van der Waals surface area (Å²) in [4.78, 5) is 4.84. The van der Waals surface area contributed by atoms with E-state index in [4.69, 9.17) is 19.2 Å². The van der Waals surface area contributed by atoms with Crippen LogP contribution in [0.3, 0.4) is 0 Å². The average Bonchev–Trinajstić information content (AvgIpc) is 3.14. The van der Waals surface area contributed by atoms with Crippen molar-refractivity contribution >= 4 is 27.3 Å². The van der Waals surface area contributed by atoms with Crippen LogP contribution in [0.2, 0.25) is 0 Å². The number of rotatable bonds is 6. The molecular weight excluding hydrogens is 721 g/mol. The third-order valence-electron chi connectivity index (χ3n) is 11.7. The van der Waals surface area contributed by atoms with E-state index in [-0.39, 0.29) is 58.0 Å². The van der Waals surface area contributed by atoms with Crippen LogP contribution in [0.15, 0.2) is 53.5 Å². The van der Waals surface area contributed by atoms with Crippen LogP contribution in [0.5, 0.6) is 46.0 Å². The van der Waals surface area contributed by atoms with E-state index in [1.807, 2.05) is 58.9 Å². The molecule has 2 heterocycles. The predicted octanol–water partition coefficient (Wildman–Crippen LogP) is 9.51. The number of ether oxygens (including phenoxy) is 3. The molecule has 10 heteroatoms. The van der Waals surface area contributed by atoms with Crippen molar-refractivity contribution < 1.29 is 39.7 Å². The smallest absolute Gasteiger partial charge is 0.135 e. The highest BCUT2D eigenvalue weighted by molar-refractivity contribution is 6.14. The Bertz CT molecular complexity index is 2720. The number of benzene rings is 6. The number of nitrogens with one attached hydrogen (secondary N) is 1. The van der Waals surface area contributed by atoms with E-state index in [2.05, 4.69) is 12.2 Å². The second-order valence-electron chi connectivity index (χ2n) is 15.7. The van der Waals surface area contributed by atoms with Crippen LogP contribution in [0, 0.1) is 13.8 Å². The van der Waals surface area contributed by atoms with Gasteiger partial charge in [0.05, 0.1) is 38.1 Å². The van der Waals surface area contributed by atoms with Crippen LogP contribution in [-0.4, -0.2) is 64.7 Å². The molecular formula is C47H48N2O8. The van der Waals surface area contributed by atoms with Gasteiger partial charge in [0.2, 0.25) is 0 Å². The molecule has 0 aliphatic carbocycles. The SMILES string of the molecule is COc1cc(O)c(-c2cc(-c3cc(-c4c(O)cc(O)c5c4C[C@H](C)N[C@H]5C)c4cc(C)cc(OC)c4c3O)c(O)c3c(OC)cc(C)cc23)c2c1C(C)=N[C@H](C)C2. The lowest BCUT2D eigenvalue weighted by atomic mass is 9.80. The lowest BCUT2D eigenvalue weighted by Gasteiger charge is -2.32. The molecule has 10 nitrogen and oxygen atoms in total. The van der Waals surface area contributed by atoms with Gasteiger partial charge in [0.1, 0.15) is 46.0 Å². The molecule has 6 aromatic carbocycles. The van der Waals surface area contributed by atoms with Gasteiger partial charge in [-0.25, -0.2) is 0 Å². The van der Waals surface area contributed by atoms with Crippen molar-refractivity contribution in [3.8, 4) is 79.4 Å². The summed E-state index contributed by atoms with van der Waals surface area (Å²) < 4.78 is 17.6. The zero-order valence-corrected chi connectivity index (χ0v) is 33.7. The fourth-order valence-electron chi connectivity index (χ4n) is 9.51. The first-order chi connectivity index (χ1) is 27.2. The van der Waals surface area contributed by atoms with Gasteiger partial charge in [-0.2, -0.15) is 0 Å². The van der Waals surface area contributed by atoms with Crippen molar-refractivity contribution in [2.45, 2.75) is 72.5 Å². The third kappa shape index (κ3) is 5.84. The van der Waals surface area contributed by atoms with E-state index in [1.165, 1.54) is 13.2 Å². The Morgan fingerprint density at radius 1 is 0.561 bits per heavy atom. The Morgan fingerprint density at radius 3 is 1.60 bits per heavy atom. The number of hydrogen-bond acceptors (Lipinski definition) is 10. The monoisotopic (exact) mass is 768 g/mol. The number of fused-ring (bicyclic) bond motifs is 4. The van der Waals surface area contributed by atoms with Gasteiger partial charge in [-0.05, 0) is 123 Å². The van der Waals surface area contributed by atoms with Gasteiger partial charge in [0.15, 0.2) is 0 Å². The summed E-state index contributed by atoms with van der Waals surface area (Å²) in [5.74, 6) is 0.891. The molecule has 0 fully saturated rings. The molecule has 6 aromatic rings. The van der Waals surface area contributed by atoms with Crippen molar-refractivity contribution in [2.24, 2.45) is 4.99 Å². The van der Waals surface area contributed by atoms with Gasteiger partial charge in [-0.3, -0.25) is 4.99 Å². The Kier molecular flexibility index (Phi) is 9.15. The molecule has 0 spiro atoms. The van der Waals surface area contributed by atoms with Crippen LogP contribution in [0.25, 0.3) is 54.9 Å². The summed E-state index contributed by atoms with van der Waals surface area (Å²) in [6.07, 6.45) is 1.04. The highest BCUT2D eigenvalue weighted by Crippen LogP contribution is 2.56. The summed E-state index contributed by atoms with van der Waals surface area (Å²) in [7, 11) is 4.65. The number of phenolic OH excluding ortho intramolecular Hbond substituents is 5. The normalized spacial score (nSPS) is 17.6. The van der Waals surface area contributed by atoms with Gasteiger partial charge < -0.3 is 45.1 Å². The molecule has 57 heavy (non-hydrogen) atoms. The number of aromatic hydroxyl groups is 5. The summed E-state index contributed by atoms with van der Waals surface area (Å²) in [6.45, 7) is 11.9. The second-order valence-corrected chi connectivity index (χ2v) is 15.7. The molecule has 8 rings (SSSR count). The first kappa shape index (κ1) is 37.8. The zero-order chi connectivity index (χ0) is 40.8. The van der Waals surface area contributed by atoms with E-state index in [0.717, 1.165) is 33.5 Å². The molecule has 3 atom stereocenters. The maximum atomic E-state index is 12.5. The molecule has 0 amide bonds. The lowest BCUT2D eigenvalue weighted by Crippen LogP contribution is -2.36. The molecule has 0 aromatic heterocycles. The first-order valence-electron chi connectivity index (χ1n) is 19.2. The Morgan fingerprint density at radius 2 is 1.07 bits per heavy atom. The fraction of sp³-hybridized carbons (Fsp3) is 0.298. The molecule has 2 aliphatic rings. The van der Waals surface area contributed by atoms with Crippen LogP contribution in [0.1, 0.15) is 67.1 Å². The number of methoxy groups -OCH3 is 3. The largest absolute Gasteiger partial charge is 0.507 e. The van der Waals surface area contributed by atoms with Gasteiger partial charge >= 0.3 is 0 Å². The molecule has 0 saturated carbocycles. The molecule has 2 aliphatic heterocycles. The van der Waals surface area contributed by atoms with Gasteiger partial charge in [0, 0.05) is 63.3 Å². The number of aryl methyl sites for hydroxylation is 2. The van der Waals surface area contributed by atoms with Crippen LogP contribution >= 0.6 is 0 Å². The highest BCUT2D eigenvalue weighted by atomic mass is 16.5. The number of hydrogen-bond donors (Lipinski definition) is 6. The third-order valence-corrected chi connectivity index (χ3v) is 11.7. The van der Waals surface area contributed by atoms with Gasteiger partial charge in [-0.1, -0.05) is 12.1 Å². The van der Waals surface area contributed by atoms with E-state index >= 15 is 0 Å². The topological polar surface area (TPSA) is 153 Å². The molecule has 6 N–H and O–H groups in total. The number of aliphatic imine (C=N–C) groups is 1. The summed E-state index contributed by atoms with van der Waals surface area (Å²) in [6, 6.07) is 13.9. The van der Waals surface area contributed by atoms with Crippen molar-refractivity contribution in [2.75, 3.05) is 21.3 Å². The van der Waals surface area contributed by atoms with Gasteiger partial charge in [0.25, 0.3) is 0 Å². The second kappa shape index (κ2) is 13.8. The average molecular weight is 769 g/mol. The fourth-order valence-corrected chi connectivity index (χ4v) is 9.51. The summed E-state index contributed by atoms with van der Waals surface area (Å²) >= 11 is 0. The Balaban J connectivity index is 1.55. The minimum absolute atomic E-state index is 0.00773. The summed E-state index contributed by atoms with van der Waals surface area (Å²) in [5.41, 5.74) is 8.42. The highest BCUT2D eigenvalue weighted by Gasteiger charge is 2.33. The summed E-state index contributed by atoms with van der Waals surface area (Å²) in [5, 5.41) is 65.5. The minimum Gasteiger partial charge on any atom is -0.507 e. The van der Waals surface area contributed by atoms with Crippen LogP contribution in [0.4, 0.5) is 0 Å².